The number of aliphatic hydroxyl groups excluding tert-OH is 1. The molecule has 0 aliphatic heterocycles. The van der Waals surface area contributed by atoms with Crippen molar-refractivity contribution >= 4 is 23.0 Å². The molecule has 0 fully saturated rings. The molecule has 0 unspecified atom stereocenters. The van der Waals surface area contributed by atoms with Gasteiger partial charge in [0.25, 0.3) is 11.6 Å². The van der Waals surface area contributed by atoms with Gasteiger partial charge in [-0.3, -0.25) is 14.9 Å². The van der Waals surface area contributed by atoms with Crippen LogP contribution >= 0.6 is 0 Å². The predicted molar refractivity (Wildman–Crippen MR) is 101 cm³/mol. The average Bonchev–Trinajstić information content (AvgIpc) is 2.68. The molecule has 0 bridgehead atoms. The number of carbonyl (C=O) groups is 1. The van der Waals surface area contributed by atoms with Crippen LogP contribution in [0.5, 0.6) is 11.5 Å². The molecule has 28 heavy (non-hydrogen) atoms. The van der Waals surface area contributed by atoms with Crippen LogP contribution in [0.15, 0.2) is 64.1 Å². The Morgan fingerprint density at radius 1 is 1.14 bits per heavy atom. The highest BCUT2D eigenvalue weighted by molar-refractivity contribution is 6.04. The molecular formula is C18H18N4O6. The van der Waals surface area contributed by atoms with E-state index < -0.39 is 10.8 Å². The molecule has 0 heterocycles. The number of ether oxygens (including phenoxy) is 2. The van der Waals surface area contributed by atoms with Crippen molar-refractivity contribution in [3.8, 4) is 11.5 Å². The Hall–Kier alpha value is -3.95. The Bertz CT molecular complexity index is 951. The zero-order valence-corrected chi connectivity index (χ0v) is 15.4. The number of carbonyl (C=O) groups excluding carboxylic acids is 1. The maximum atomic E-state index is 12.5. The van der Waals surface area contributed by atoms with E-state index in [1.54, 1.807) is 24.3 Å². The molecule has 2 rings (SSSR count). The molecular weight excluding hydrogens is 368 g/mol. The third kappa shape index (κ3) is 4.81. The number of nitro benzene ring substituents is 1. The summed E-state index contributed by atoms with van der Waals surface area (Å²) in [6.45, 7) is 1.28. The lowest BCUT2D eigenvalue weighted by atomic mass is 10.2. The molecule has 0 atom stereocenters. The number of benzene rings is 2. The molecule has 0 saturated heterocycles. The number of nitrogens with one attached hydrogen (secondary N) is 1. The fraction of sp³-hybridized carbons (Fsp3) is 0.167. The van der Waals surface area contributed by atoms with E-state index in [2.05, 4.69) is 15.5 Å². The Balaban J connectivity index is 2.29. The van der Waals surface area contributed by atoms with E-state index in [1.165, 1.54) is 39.3 Å². The van der Waals surface area contributed by atoms with Crippen molar-refractivity contribution in [3.63, 3.8) is 0 Å². The molecule has 2 N–H and O–H groups in total. The van der Waals surface area contributed by atoms with Crippen molar-refractivity contribution < 1.29 is 24.3 Å². The summed E-state index contributed by atoms with van der Waals surface area (Å²) < 4.78 is 10.2. The van der Waals surface area contributed by atoms with Gasteiger partial charge in [-0.05, 0) is 25.1 Å². The maximum absolute atomic E-state index is 12.5. The lowest BCUT2D eigenvalue weighted by molar-refractivity contribution is -0.384. The largest absolute Gasteiger partial charge is 0.510 e. The molecule has 0 aromatic heterocycles. The molecule has 0 radical (unpaired) electrons. The molecule has 10 nitrogen and oxygen atoms in total. The van der Waals surface area contributed by atoms with E-state index in [4.69, 9.17) is 9.47 Å². The van der Waals surface area contributed by atoms with Crippen molar-refractivity contribution in [2.45, 2.75) is 6.92 Å². The highest BCUT2D eigenvalue weighted by atomic mass is 16.6. The third-order valence-corrected chi connectivity index (χ3v) is 3.54. The summed E-state index contributed by atoms with van der Waals surface area (Å²) in [7, 11) is 2.78. The summed E-state index contributed by atoms with van der Waals surface area (Å²) in [6.07, 6.45) is 0. The van der Waals surface area contributed by atoms with E-state index in [0.717, 1.165) is 0 Å². The number of anilines is 1. The van der Waals surface area contributed by atoms with Crippen molar-refractivity contribution in [2.24, 2.45) is 10.2 Å². The van der Waals surface area contributed by atoms with E-state index in [0.29, 0.717) is 11.4 Å². The Morgan fingerprint density at radius 3 is 2.43 bits per heavy atom. The van der Waals surface area contributed by atoms with Crippen LogP contribution in [-0.2, 0) is 4.79 Å². The molecule has 0 saturated carbocycles. The highest BCUT2D eigenvalue weighted by Gasteiger charge is 2.16. The minimum atomic E-state index is -0.714. The number of aliphatic hydroxyl groups is 1. The Kier molecular flexibility index (Phi) is 6.63. The summed E-state index contributed by atoms with van der Waals surface area (Å²) in [5.74, 6) is -0.552. The SMILES string of the molecule is COc1cc([N+](=O)[O-])ccc1N=N/C(C(=O)Nc1ccccc1OC)=C(\C)O. The smallest absolute Gasteiger partial charge is 0.279 e. The number of rotatable bonds is 7. The number of para-hydroxylation sites is 2. The van der Waals surface area contributed by atoms with E-state index in [1.807, 2.05) is 0 Å². The van der Waals surface area contributed by atoms with Crippen molar-refractivity contribution in [2.75, 3.05) is 19.5 Å². The minimum absolute atomic E-state index is 0.0954. The second kappa shape index (κ2) is 9.12. The van der Waals surface area contributed by atoms with Gasteiger partial charge in [0.1, 0.15) is 17.2 Å². The second-order valence-corrected chi connectivity index (χ2v) is 5.40. The number of allylic oxidation sites excluding steroid dienone is 1. The van der Waals surface area contributed by atoms with Gasteiger partial charge in [0.15, 0.2) is 11.4 Å². The van der Waals surface area contributed by atoms with Gasteiger partial charge in [-0.25, -0.2) is 0 Å². The zero-order chi connectivity index (χ0) is 20.7. The lowest BCUT2D eigenvalue weighted by Crippen LogP contribution is -2.15. The fourth-order valence-electron chi connectivity index (χ4n) is 2.18. The molecule has 2 aromatic rings. The number of nitro groups is 1. The van der Waals surface area contributed by atoms with Gasteiger partial charge in [0.2, 0.25) is 0 Å². The van der Waals surface area contributed by atoms with Crippen LogP contribution in [-0.4, -0.2) is 30.2 Å². The molecule has 10 heteroatoms. The van der Waals surface area contributed by atoms with Crippen LogP contribution in [0.2, 0.25) is 0 Å². The van der Waals surface area contributed by atoms with Crippen LogP contribution in [0.25, 0.3) is 0 Å². The monoisotopic (exact) mass is 386 g/mol. The standard InChI is InChI=1S/C18H18N4O6/c1-11(23)17(18(24)19-13-6-4-5-7-15(13)27-2)21-20-14-9-8-12(22(25)26)10-16(14)28-3/h4-10,23H,1-3H3,(H,19,24)/b17-11+,21-20?. The van der Waals surface area contributed by atoms with Crippen LogP contribution in [0, 0.1) is 10.1 Å². The topological polar surface area (TPSA) is 136 Å². The molecule has 1 amide bonds. The van der Waals surface area contributed by atoms with E-state index in [-0.39, 0.29) is 28.6 Å². The summed E-state index contributed by atoms with van der Waals surface area (Å²) in [5.41, 5.74) is 0.0129. The summed E-state index contributed by atoms with van der Waals surface area (Å²) >= 11 is 0. The average molecular weight is 386 g/mol. The van der Waals surface area contributed by atoms with Gasteiger partial charge in [0.05, 0.1) is 30.9 Å². The zero-order valence-electron chi connectivity index (χ0n) is 15.4. The van der Waals surface area contributed by atoms with Crippen LogP contribution in [0.1, 0.15) is 6.92 Å². The minimum Gasteiger partial charge on any atom is -0.510 e. The quantitative estimate of drug-likeness (QED) is 0.241. The second-order valence-electron chi connectivity index (χ2n) is 5.40. The number of hydrogen-bond acceptors (Lipinski definition) is 8. The number of nitrogens with zero attached hydrogens (tertiary/aromatic N) is 3. The normalized spacial score (nSPS) is 11.7. The summed E-state index contributed by atoms with van der Waals surface area (Å²) in [4.78, 5) is 22.7. The first-order chi connectivity index (χ1) is 13.4. The number of amides is 1. The highest BCUT2D eigenvalue weighted by Crippen LogP contribution is 2.32. The molecule has 0 spiro atoms. The first-order valence-corrected chi connectivity index (χ1v) is 7.95. The Labute approximate surface area is 160 Å². The predicted octanol–water partition coefficient (Wildman–Crippen LogP) is 4.12. The van der Waals surface area contributed by atoms with E-state index >= 15 is 0 Å². The molecule has 0 aliphatic rings. The van der Waals surface area contributed by atoms with Gasteiger partial charge < -0.3 is 19.9 Å². The maximum Gasteiger partial charge on any atom is 0.279 e. The summed E-state index contributed by atoms with van der Waals surface area (Å²) in [6, 6.07) is 10.5. The van der Waals surface area contributed by atoms with Crippen LogP contribution in [0.4, 0.5) is 17.1 Å². The van der Waals surface area contributed by atoms with Crippen molar-refractivity contribution in [3.05, 3.63) is 64.0 Å². The van der Waals surface area contributed by atoms with Crippen LogP contribution < -0.4 is 14.8 Å². The molecule has 0 aliphatic carbocycles. The molecule has 2 aromatic carbocycles. The van der Waals surface area contributed by atoms with Gasteiger partial charge >= 0.3 is 0 Å². The van der Waals surface area contributed by atoms with Crippen LogP contribution in [0.3, 0.4) is 0 Å². The van der Waals surface area contributed by atoms with Gasteiger partial charge in [0, 0.05) is 6.07 Å². The first-order valence-electron chi connectivity index (χ1n) is 7.95. The third-order valence-electron chi connectivity index (χ3n) is 3.54. The fourth-order valence-corrected chi connectivity index (χ4v) is 2.18. The van der Waals surface area contributed by atoms with Gasteiger partial charge in [-0.2, -0.15) is 0 Å². The Morgan fingerprint density at radius 2 is 1.82 bits per heavy atom. The van der Waals surface area contributed by atoms with Gasteiger partial charge in [-0.1, -0.05) is 12.1 Å². The van der Waals surface area contributed by atoms with E-state index in [9.17, 15) is 20.0 Å². The van der Waals surface area contributed by atoms with Gasteiger partial charge in [-0.15, -0.1) is 10.2 Å². The number of hydrogen-bond donors (Lipinski definition) is 2. The van der Waals surface area contributed by atoms with Crippen molar-refractivity contribution in [1.29, 1.82) is 0 Å². The van der Waals surface area contributed by atoms with Crippen molar-refractivity contribution in [1.82, 2.24) is 0 Å². The number of azo groups is 1. The number of methoxy groups -OCH3 is 2. The number of non-ortho nitro benzene ring substituents is 1. The first kappa shape index (κ1) is 20.4. The molecule has 146 valence electrons. The summed E-state index contributed by atoms with van der Waals surface area (Å²) in [5, 5.41) is 30.9. The lowest BCUT2D eigenvalue weighted by Gasteiger charge is -2.10.